The van der Waals surface area contributed by atoms with Crippen molar-refractivity contribution >= 4 is 65.6 Å². The lowest BCUT2D eigenvalue weighted by Crippen LogP contribution is -2.12. The molecule has 24 heavy (non-hydrogen) atoms. The van der Waals surface area contributed by atoms with Crippen molar-refractivity contribution in [2.45, 2.75) is 4.90 Å². The molecule has 3 aromatic rings. The number of halogens is 2. The molecule has 1 aromatic heterocycles. The Hall–Kier alpha value is -1.67. The van der Waals surface area contributed by atoms with Gasteiger partial charge in [0.2, 0.25) is 0 Å². The SMILES string of the molecule is CS(=O)(=O)c1ccc2nc(NC(=O)c3ccc(Cl)cc3Cl)sc2c1. The molecule has 0 saturated heterocycles. The van der Waals surface area contributed by atoms with Crippen molar-refractivity contribution in [3.8, 4) is 0 Å². The van der Waals surface area contributed by atoms with Crippen LogP contribution in [-0.2, 0) is 9.84 Å². The second kappa shape index (κ2) is 6.33. The van der Waals surface area contributed by atoms with E-state index in [1.807, 2.05) is 0 Å². The summed E-state index contributed by atoms with van der Waals surface area (Å²) in [7, 11) is -3.30. The Kier molecular flexibility index (Phi) is 4.52. The minimum atomic E-state index is -3.30. The second-order valence-corrected chi connectivity index (χ2v) is 8.89. The van der Waals surface area contributed by atoms with Crippen molar-refractivity contribution in [2.24, 2.45) is 0 Å². The van der Waals surface area contributed by atoms with Crippen molar-refractivity contribution in [1.29, 1.82) is 0 Å². The number of hydrogen-bond donors (Lipinski definition) is 1. The van der Waals surface area contributed by atoms with Crippen LogP contribution in [0.1, 0.15) is 10.4 Å². The van der Waals surface area contributed by atoms with Gasteiger partial charge in [0.1, 0.15) is 0 Å². The van der Waals surface area contributed by atoms with Gasteiger partial charge >= 0.3 is 0 Å². The monoisotopic (exact) mass is 400 g/mol. The van der Waals surface area contributed by atoms with Crippen LogP contribution in [0.2, 0.25) is 10.0 Å². The maximum Gasteiger partial charge on any atom is 0.258 e. The molecule has 3 rings (SSSR count). The quantitative estimate of drug-likeness (QED) is 0.712. The van der Waals surface area contributed by atoms with Crippen LogP contribution in [0.3, 0.4) is 0 Å². The molecule has 0 fully saturated rings. The van der Waals surface area contributed by atoms with Crippen LogP contribution in [-0.4, -0.2) is 25.6 Å². The second-order valence-electron chi connectivity index (χ2n) is 5.00. The summed E-state index contributed by atoms with van der Waals surface area (Å²) in [5, 5.41) is 3.68. The Morgan fingerprint density at radius 2 is 1.92 bits per heavy atom. The maximum absolute atomic E-state index is 12.3. The fourth-order valence-electron chi connectivity index (χ4n) is 2.03. The number of amides is 1. The molecule has 1 amide bonds. The molecule has 0 aliphatic carbocycles. The van der Waals surface area contributed by atoms with Crippen LogP contribution in [0, 0.1) is 0 Å². The largest absolute Gasteiger partial charge is 0.298 e. The van der Waals surface area contributed by atoms with Crippen LogP contribution < -0.4 is 5.32 Å². The van der Waals surface area contributed by atoms with Gasteiger partial charge in [0, 0.05) is 11.3 Å². The lowest BCUT2D eigenvalue weighted by Gasteiger charge is -2.04. The fraction of sp³-hybridized carbons (Fsp3) is 0.0667. The van der Waals surface area contributed by atoms with E-state index in [0.717, 1.165) is 6.26 Å². The van der Waals surface area contributed by atoms with Crippen LogP contribution in [0.15, 0.2) is 41.3 Å². The molecule has 0 atom stereocenters. The van der Waals surface area contributed by atoms with E-state index in [2.05, 4.69) is 10.3 Å². The Morgan fingerprint density at radius 1 is 1.17 bits per heavy atom. The molecule has 0 aliphatic heterocycles. The van der Waals surface area contributed by atoms with Gasteiger partial charge in [-0.1, -0.05) is 34.5 Å². The van der Waals surface area contributed by atoms with Gasteiger partial charge in [0.05, 0.1) is 25.7 Å². The van der Waals surface area contributed by atoms with Crippen molar-refractivity contribution in [1.82, 2.24) is 4.98 Å². The van der Waals surface area contributed by atoms with Crippen molar-refractivity contribution in [3.05, 3.63) is 52.0 Å². The maximum atomic E-state index is 12.3. The van der Waals surface area contributed by atoms with Gasteiger partial charge in [-0.15, -0.1) is 0 Å². The number of aromatic nitrogens is 1. The number of rotatable bonds is 3. The number of hydrogen-bond acceptors (Lipinski definition) is 5. The van der Waals surface area contributed by atoms with Crippen molar-refractivity contribution < 1.29 is 13.2 Å². The van der Waals surface area contributed by atoms with E-state index in [1.165, 1.54) is 35.6 Å². The van der Waals surface area contributed by atoms with Gasteiger partial charge in [-0.25, -0.2) is 13.4 Å². The number of sulfone groups is 1. The number of nitrogens with zero attached hydrogens (tertiary/aromatic N) is 1. The summed E-state index contributed by atoms with van der Waals surface area (Å²) in [4.78, 5) is 16.8. The number of benzene rings is 2. The zero-order chi connectivity index (χ0) is 17.5. The first kappa shape index (κ1) is 17.2. The van der Waals surface area contributed by atoms with Crippen molar-refractivity contribution in [3.63, 3.8) is 0 Å². The summed E-state index contributed by atoms with van der Waals surface area (Å²) < 4.78 is 23.9. The highest BCUT2D eigenvalue weighted by Gasteiger charge is 2.15. The predicted octanol–water partition coefficient (Wildman–Crippen LogP) is 4.26. The Morgan fingerprint density at radius 3 is 2.58 bits per heavy atom. The van der Waals surface area contributed by atoms with Gasteiger partial charge in [0.15, 0.2) is 15.0 Å². The first-order valence-electron chi connectivity index (χ1n) is 6.61. The standard InChI is InChI=1S/C15H10Cl2N2O3S2/c1-24(21,22)9-3-5-12-13(7-9)23-15(18-12)19-14(20)10-4-2-8(16)6-11(10)17/h2-7H,1H3,(H,18,19,20). The van der Waals surface area contributed by atoms with Gasteiger partial charge in [-0.3, -0.25) is 10.1 Å². The Balaban J connectivity index is 1.91. The fourth-order valence-corrected chi connectivity index (χ4v) is 4.14. The van der Waals surface area contributed by atoms with Gasteiger partial charge in [-0.05, 0) is 36.4 Å². The van der Waals surface area contributed by atoms with E-state index in [1.54, 1.807) is 12.1 Å². The molecule has 0 bridgehead atoms. The average Bonchev–Trinajstić information content (AvgIpc) is 2.87. The van der Waals surface area contributed by atoms with Gasteiger partial charge < -0.3 is 0 Å². The van der Waals surface area contributed by atoms with Gasteiger partial charge in [0.25, 0.3) is 5.91 Å². The molecule has 5 nitrogen and oxygen atoms in total. The van der Waals surface area contributed by atoms with E-state index in [4.69, 9.17) is 23.2 Å². The first-order valence-corrected chi connectivity index (χ1v) is 10.1. The first-order chi connectivity index (χ1) is 11.2. The molecule has 124 valence electrons. The molecule has 0 saturated carbocycles. The van der Waals surface area contributed by atoms with Crippen molar-refractivity contribution in [2.75, 3.05) is 11.6 Å². The minimum Gasteiger partial charge on any atom is -0.298 e. The Labute approximate surface area is 152 Å². The topological polar surface area (TPSA) is 76.1 Å². The summed E-state index contributed by atoms with van der Waals surface area (Å²) in [6.45, 7) is 0. The number of anilines is 1. The van der Waals surface area contributed by atoms with Crippen LogP contribution in [0.5, 0.6) is 0 Å². The molecule has 0 spiro atoms. The highest BCUT2D eigenvalue weighted by atomic mass is 35.5. The van der Waals surface area contributed by atoms with E-state index in [-0.39, 0.29) is 15.5 Å². The highest BCUT2D eigenvalue weighted by Crippen LogP contribution is 2.29. The number of thiazole rings is 1. The lowest BCUT2D eigenvalue weighted by molar-refractivity contribution is 0.102. The molecule has 0 radical (unpaired) electrons. The van der Waals surface area contributed by atoms with E-state index in [0.29, 0.717) is 20.4 Å². The summed E-state index contributed by atoms with van der Waals surface area (Å²) in [6, 6.07) is 9.20. The van der Waals surface area contributed by atoms with E-state index >= 15 is 0 Å². The molecule has 1 heterocycles. The minimum absolute atomic E-state index is 0.206. The molecule has 0 aliphatic rings. The van der Waals surface area contributed by atoms with Crippen LogP contribution in [0.4, 0.5) is 5.13 Å². The third-order valence-corrected chi connectivity index (χ3v) is 5.78. The number of fused-ring (bicyclic) bond motifs is 1. The molecule has 2 aromatic carbocycles. The van der Waals surface area contributed by atoms with Crippen LogP contribution in [0.25, 0.3) is 10.2 Å². The summed E-state index contributed by atoms with van der Waals surface area (Å²) in [6.07, 6.45) is 1.14. The van der Waals surface area contributed by atoms with Crippen LogP contribution >= 0.6 is 34.5 Å². The predicted molar refractivity (Wildman–Crippen MR) is 97.1 cm³/mol. The molecule has 9 heteroatoms. The summed E-state index contributed by atoms with van der Waals surface area (Å²) >= 11 is 13.0. The molecule has 0 unspecified atom stereocenters. The lowest BCUT2D eigenvalue weighted by atomic mass is 10.2. The summed E-state index contributed by atoms with van der Waals surface area (Å²) in [5.41, 5.74) is 0.877. The third kappa shape index (κ3) is 3.54. The normalized spacial score (nSPS) is 11.6. The Bertz CT molecular complexity index is 1060. The zero-order valence-corrected chi connectivity index (χ0v) is 15.4. The number of carbonyl (C=O) groups is 1. The van der Waals surface area contributed by atoms with E-state index in [9.17, 15) is 13.2 Å². The smallest absolute Gasteiger partial charge is 0.258 e. The number of nitrogens with one attached hydrogen (secondary N) is 1. The molecular formula is C15H10Cl2N2O3S2. The zero-order valence-electron chi connectivity index (χ0n) is 12.2. The van der Waals surface area contributed by atoms with E-state index < -0.39 is 15.7 Å². The number of carbonyl (C=O) groups excluding carboxylic acids is 1. The highest BCUT2D eigenvalue weighted by molar-refractivity contribution is 7.90. The molecular weight excluding hydrogens is 391 g/mol. The molecule has 1 N–H and O–H groups in total. The average molecular weight is 401 g/mol. The summed E-state index contributed by atoms with van der Waals surface area (Å²) in [5.74, 6) is -0.418. The van der Waals surface area contributed by atoms with Gasteiger partial charge in [-0.2, -0.15) is 0 Å². The third-order valence-electron chi connectivity index (χ3n) is 3.18.